The predicted octanol–water partition coefficient (Wildman–Crippen LogP) is 1.39. The zero-order chi connectivity index (χ0) is 13.7. The molecule has 0 bridgehead atoms. The Labute approximate surface area is 107 Å². The van der Waals surface area contributed by atoms with Crippen molar-refractivity contribution >= 4 is 5.97 Å². The van der Waals surface area contributed by atoms with E-state index in [0.717, 1.165) is 5.56 Å². The van der Waals surface area contributed by atoms with Crippen molar-refractivity contribution < 1.29 is 19.4 Å². The van der Waals surface area contributed by atoms with Crippen molar-refractivity contribution in [3.05, 3.63) is 23.3 Å². The summed E-state index contributed by atoms with van der Waals surface area (Å²) in [6, 6.07) is 3.45. The summed E-state index contributed by atoms with van der Waals surface area (Å²) < 4.78 is 10.5. The average molecular weight is 253 g/mol. The second-order valence-corrected chi connectivity index (χ2v) is 3.85. The van der Waals surface area contributed by atoms with Gasteiger partial charge in [0, 0.05) is 12.1 Å². The van der Waals surface area contributed by atoms with Gasteiger partial charge in [-0.3, -0.25) is 4.79 Å². The van der Waals surface area contributed by atoms with Crippen LogP contribution in [0.1, 0.15) is 24.0 Å². The Kier molecular flexibility index (Phi) is 4.97. The number of methoxy groups -OCH3 is 2. The molecular formula is C13H19NO4. The summed E-state index contributed by atoms with van der Waals surface area (Å²) in [5, 5.41) is 9.18. The number of benzene rings is 1. The molecule has 0 aliphatic carbocycles. The second-order valence-electron chi connectivity index (χ2n) is 3.85. The maximum absolute atomic E-state index is 11.2. The summed E-state index contributed by atoms with van der Waals surface area (Å²) in [5.41, 5.74) is 7.05. The largest absolute Gasteiger partial charge is 0.493 e. The Balaban J connectivity index is 3.40. The number of ether oxygens (including phenoxy) is 2. The molecule has 1 rings (SSSR count). The van der Waals surface area contributed by atoms with Gasteiger partial charge in [0.1, 0.15) is 0 Å². The standard InChI is InChI=1S/C13H19NO4/c1-4-8-9(10(7-14)13(15)16)5-6-11(17-2)12(8)18-3/h5-6,10H,4,7,14H2,1-3H3,(H,15,16). The van der Waals surface area contributed by atoms with Gasteiger partial charge in [-0.1, -0.05) is 13.0 Å². The van der Waals surface area contributed by atoms with Crippen molar-refractivity contribution in [1.82, 2.24) is 0 Å². The van der Waals surface area contributed by atoms with Crippen LogP contribution in [0.25, 0.3) is 0 Å². The van der Waals surface area contributed by atoms with Gasteiger partial charge in [-0.25, -0.2) is 0 Å². The minimum absolute atomic E-state index is 0.0534. The van der Waals surface area contributed by atoms with Crippen molar-refractivity contribution in [3.8, 4) is 11.5 Å². The first-order valence-corrected chi connectivity index (χ1v) is 5.77. The van der Waals surface area contributed by atoms with Crippen LogP contribution in [-0.2, 0) is 11.2 Å². The fourth-order valence-corrected chi connectivity index (χ4v) is 2.06. The minimum atomic E-state index is -0.931. The van der Waals surface area contributed by atoms with Gasteiger partial charge in [-0.05, 0) is 18.1 Å². The summed E-state index contributed by atoms with van der Waals surface area (Å²) in [7, 11) is 3.09. The summed E-state index contributed by atoms with van der Waals surface area (Å²) in [5.74, 6) is -0.476. The molecule has 0 aromatic heterocycles. The molecule has 0 heterocycles. The van der Waals surface area contributed by atoms with E-state index in [1.54, 1.807) is 26.4 Å². The number of nitrogens with two attached hydrogens (primary N) is 1. The van der Waals surface area contributed by atoms with E-state index in [4.69, 9.17) is 15.2 Å². The highest BCUT2D eigenvalue weighted by molar-refractivity contribution is 5.77. The Morgan fingerprint density at radius 1 is 1.39 bits per heavy atom. The van der Waals surface area contributed by atoms with Gasteiger partial charge >= 0.3 is 5.97 Å². The Morgan fingerprint density at radius 2 is 2.06 bits per heavy atom. The molecule has 0 saturated heterocycles. The first kappa shape index (κ1) is 14.3. The predicted molar refractivity (Wildman–Crippen MR) is 68.4 cm³/mol. The van der Waals surface area contributed by atoms with Crippen LogP contribution in [0, 0.1) is 0 Å². The SMILES string of the molecule is CCc1c(C(CN)C(=O)O)ccc(OC)c1OC. The highest BCUT2D eigenvalue weighted by Gasteiger charge is 2.24. The monoisotopic (exact) mass is 253 g/mol. The molecule has 1 atom stereocenters. The molecule has 0 fully saturated rings. The lowest BCUT2D eigenvalue weighted by Crippen LogP contribution is -2.22. The van der Waals surface area contributed by atoms with Gasteiger partial charge < -0.3 is 20.3 Å². The second kappa shape index (κ2) is 6.26. The highest BCUT2D eigenvalue weighted by atomic mass is 16.5. The topological polar surface area (TPSA) is 81.8 Å². The van der Waals surface area contributed by atoms with Crippen molar-refractivity contribution in [3.63, 3.8) is 0 Å². The maximum Gasteiger partial charge on any atom is 0.312 e. The zero-order valence-electron chi connectivity index (χ0n) is 10.9. The van der Waals surface area contributed by atoms with Crippen LogP contribution in [0.2, 0.25) is 0 Å². The quantitative estimate of drug-likeness (QED) is 0.800. The molecule has 0 aliphatic heterocycles. The van der Waals surface area contributed by atoms with E-state index in [0.29, 0.717) is 23.5 Å². The van der Waals surface area contributed by atoms with Gasteiger partial charge in [0.05, 0.1) is 20.1 Å². The minimum Gasteiger partial charge on any atom is -0.493 e. The molecular weight excluding hydrogens is 234 g/mol. The fourth-order valence-electron chi connectivity index (χ4n) is 2.06. The lowest BCUT2D eigenvalue weighted by atomic mass is 9.92. The molecule has 18 heavy (non-hydrogen) atoms. The van der Waals surface area contributed by atoms with Crippen LogP contribution in [-0.4, -0.2) is 31.8 Å². The van der Waals surface area contributed by atoms with Gasteiger partial charge in [0.25, 0.3) is 0 Å². The fraction of sp³-hybridized carbons (Fsp3) is 0.462. The first-order valence-electron chi connectivity index (χ1n) is 5.77. The number of hydrogen-bond donors (Lipinski definition) is 2. The molecule has 0 amide bonds. The third-order valence-corrected chi connectivity index (χ3v) is 2.95. The summed E-state index contributed by atoms with van der Waals surface area (Å²) >= 11 is 0. The summed E-state index contributed by atoms with van der Waals surface area (Å²) in [4.78, 5) is 11.2. The molecule has 0 radical (unpaired) electrons. The molecule has 3 N–H and O–H groups in total. The van der Waals surface area contributed by atoms with Gasteiger partial charge in [-0.15, -0.1) is 0 Å². The third kappa shape index (κ3) is 2.56. The molecule has 100 valence electrons. The maximum atomic E-state index is 11.2. The van der Waals surface area contributed by atoms with Crippen LogP contribution in [0.15, 0.2) is 12.1 Å². The van der Waals surface area contributed by atoms with Crippen molar-refractivity contribution in [1.29, 1.82) is 0 Å². The molecule has 5 nitrogen and oxygen atoms in total. The van der Waals surface area contributed by atoms with E-state index >= 15 is 0 Å². The van der Waals surface area contributed by atoms with Crippen LogP contribution in [0.5, 0.6) is 11.5 Å². The number of aliphatic carboxylic acids is 1. The molecule has 5 heteroatoms. The van der Waals surface area contributed by atoms with Crippen molar-refractivity contribution in [2.75, 3.05) is 20.8 Å². The normalized spacial score (nSPS) is 12.0. The first-order chi connectivity index (χ1) is 8.60. The lowest BCUT2D eigenvalue weighted by molar-refractivity contribution is -0.138. The summed E-state index contributed by atoms with van der Waals surface area (Å²) in [6.45, 7) is 1.99. The number of hydrogen-bond acceptors (Lipinski definition) is 4. The van der Waals surface area contributed by atoms with E-state index in [1.807, 2.05) is 6.92 Å². The number of carbonyl (C=O) groups is 1. The van der Waals surface area contributed by atoms with Crippen LogP contribution >= 0.6 is 0 Å². The average Bonchev–Trinajstić information content (AvgIpc) is 2.38. The number of carboxylic acids is 1. The van der Waals surface area contributed by atoms with E-state index in [1.165, 1.54) is 0 Å². The molecule has 1 unspecified atom stereocenters. The van der Waals surface area contributed by atoms with Gasteiger partial charge in [-0.2, -0.15) is 0 Å². The summed E-state index contributed by atoms with van der Waals surface area (Å²) in [6.07, 6.45) is 0.652. The lowest BCUT2D eigenvalue weighted by Gasteiger charge is -2.19. The van der Waals surface area contributed by atoms with Crippen molar-refractivity contribution in [2.45, 2.75) is 19.3 Å². The Morgan fingerprint density at radius 3 is 2.44 bits per heavy atom. The smallest absolute Gasteiger partial charge is 0.312 e. The molecule has 0 saturated carbocycles. The molecule has 0 aliphatic rings. The van der Waals surface area contributed by atoms with Gasteiger partial charge in [0.15, 0.2) is 11.5 Å². The van der Waals surface area contributed by atoms with E-state index in [2.05, 4.69) is 0 Å². The van der Waals surface area contributed by atoms with E-state index < -0.39 is 11.9 Å². The highest BCUT2D eigenvalue weighted by Crippen LogP contribution is 2.36. The third-order valence-electron chi connectivity index (χ3n) is 2.95. The number of carboxylic acid groups (broad SMARTS) is 1. The van der Waals surface area contributed by atoms with Crippen LogP contribution in [0.4, 0.5) is 0 Å². The van der Waals surface area contributed by atoms with E-state index in [9.17, 15) is 9.90 Å². The Hall–Kier alpha value is -1.75. The molecule has 1 aromatic carbocycles. The van der Waals surface area contributed by atoms with Crippen LogP contribution < -0.4 is 15.2 Å². The zero-order valence-corrected chi connectivity index (χ0v) is 10.9. The number of rotatable bonds is 6. The van der Waals surface area contributed by atoms with Crippen molar-refractivity contribution in [2.24, 2.45) is 5.73 Å². The Bertz CT molecular complexity index is 431. The van der Waals surface area contributed by atoms with Gasteiger partial charge in [0.2, 0.25) is 0 Å². The molecule has 1 aromatic rings. The molecule has 0 spiro atoms. The van der Waals surface area contributed by atoms with Crippen LogP contribution in [0.3, 0.4) is 0 Å². The van der Waals surface area contributed by atoms with E-state index in [-0.39, 0.29) is 6.54 Å².